The summed E-state index contributed by atoms with van der Waals surface area (Å²) >= 11 is 1.56. The molecule has 1 aliphatic heterocycles. The summed E-state index contributed by atoms with van der Waals surface area (Å²) in [5.74, 6) is 0.0787. The molecule has 1 atom stereocenters. The quantitative estimate of drug-likeness (QED) is 0.701. The molecule has 0 spiro atoms. The number of hydrogen-bond acceptors (Lipinski definition) is 3. The molecule has 1 amide bonds. The van der Waals surface area contributed by atoms with Crippen LogP contribution >= 0.6 is 11.8 Å². The van der Waals surface area contributed by atoms with E-state index >= 15 is 0 Å². The number of thioether (sulfide) groups is 1. The van der Waals surface area contributed by atoms with Crippen LogP contribution in [0.25, 0.3) is 0 Å². The number of carbonyl (C=O) groups is 1. The van der Waals surface area contributed by atoms with E-state index in [1.165, 1.54) is 0 Å². The van der Waals surface area contributed by atoms with Crippen LogP contribution in [0.15, 0.2) is 29.2 Å². The standard InChI is InChI=1S/C10H12N2OS/c1-12-7-4-2-3-5-8(7)14-9(11)6-10(12)13/h2-5,9H,6,11H2,1H3. The first-order valence-electron chi connectivity index (χ1n) is 4.46. The zero-order valence-corrected chi connectivity index (χ0v) is 8.75. The number of fused-ring (bicyclic) bond motifs is 1. The van der Waals surface area contributed by atoms with Crippen molar-refractivity contribution in [3.8, 4) is 0 Å². The predicted molar refractivity (Wildman–Crippen MR) is 58.3 cm³/mol. The summed E-state index contributed by atoms with van der Waals surface area (Å²) in [6, 6.07) is 7.83. The van der Waals surface area contributed by atoms with E-state index in [0.717, 1.165) is 10.6 Å². The molecule has 14 heavy (non-hydrogen) atoms. The fourth-order valence-electron chi connectivity index (χ4n) is 1.48. The van der Waals surface area contributed by atoms with Crippen LogP contribution in [0, 0.1) is 0 Å². The summed E-state index contributed by atoms with van der Waals surface area (Å²) in [7, 11) is 1.79. The van der Waals surface area contributed by atoms with Gasteiger partial charge in [-0.1, -0.05) is 12.1 Å². The molecule has 0 bridgehead atoms. The monoisotopic (exact) mass is 208 g/mol. The minimum Gasteiger partial charge on any atom is -0.319 e. The largest absolute Gasteiger partial charge is 0.319 e. The first-order valence-corrected chi connectivity index (χ1v) is 5.34. The maximum atomic E-state index is 11.6. The lowest BCUT2D eigenvalue weighted by atomic mass is 10.3. The second-order valence-corrected chi connectivity index (χ2v) is 4.56. The number of anilines is 1. The third kappa shape index (κ3) is 1.63. The molecule has 1 unspecified atom stereocenters. The lowest BCUT2D eigenvalue weighted by molar-refractivity contribution is -0.118. The van der Waals surface area contributed by atoms with Crippen molar-refractivity contribution in [2.45, 2.75) is 16.7 Å². The average molecular weight is 208 g/mol. The zero-order valence-electron chi connectivity index (χ0n) is 7.93. The van der Waals surface area contributed by atoms with Crippen LogP contribution in [0.3, 0.4) is 0 Å². The van der Waals surface area contributed by atoms with Gasteiger partial charge < -0.3 is 10.6 Å². The van der Waals surface area contributed by atoms with E-state index in [4.69, 9.17) is 5.73 Å². The molecule has 74 valence electrons. The fourth-order valence-corrected chi connectivity index (χ4v) is 2.52. The highest BCUT2D eigenvalue weighted by Crippen LogP contribution is 2.35. The molecule has 1 aliphatic rings. The first-order chi connectivity index (χ1) is 6.68. The van der Waals surface area contributed by atoms with Crippen LogP contribution in [0.1, 0.15) is 6.42 Å². The number of nitrogens with zero attached hydrogens (tertiary/aromatic N) is 1. The van der Waals surface area contributed by atoms with Crippen LogP contribution in [-0.4, -0.2) is 18.3 Å². The Kier molecular flexibility index (Phi) is 2.48. The Labute approximate surface area is 87.3 Å². The van der Waals surface area contributed by atoms with Crippen LogP contribution in [0.4, 0.5) is 5.69 Å². The van der Waals surface area contributed by atoms with E-state index in [9.17, 15) is 4.79 Å². The van der Waals surface area contributed by atoms with Gasteiger partial charge >= 0.3 is 0 Å². The Morgan fingerprint density at radius 2 is 2.21 bits per heavy atom. The van der Waals surface area contributed by atoms with Gasteiger partial charge in [0.25, 0.3) is 0 Å². The number of rotatable bonds is 0. The van der Waals surface area contributed by atoms with E-state index < -0.39 is 0 Å². The molecule has 0 aromatic heterocycles. The molecular formula is C10H12N2OS. The van der Waals surface area contributed by atoms with E-state index in [1.807, 2.05) is 24.3 Å². The summed E-state index contributed by atoms with van der Waals surface area (Å²) in [5, 5.41) is -0.131. The Morgan fingerprint density at radius 1 is 1.50 bits per heavy atom. The highest BCUT2D eigenvalue weighted by Gasteiger charge is 2.23. The molecular weight excluding hydrogens is 196 g/mol. The van der Waals surface area contributed by atoms with Crippen molar-refractivity contribution in [2.75, 3.05) is 11.9 Å². The Morgan fingerprint density at radius 3 is 3.00 bits per heavy atom. The maximum Gasteiger partial charge on any atom is 0.229 e. The van der Waals surface area contributed by atoms with Crippen molar-refractivity contribution in [1.29, 1.82) is 0 Å². The second kappa shape index (κ2) is 3.63. The minimum absolute atomic E-state index is 0.0787. The van der Waals surface area contributed by atoms with E-state index in [0.29, 0.717) is 6.42 Å². The first kappa shape index (κ1) is 9.55. The molecule has 2 N–H and O–H groups in total. The molecule has 0 aliphatic carbocycles. The Hall–Kier alpha value is -1.00. The van der Waals surface area contributed by atoms with Crippen molar-refractivity contribution in [2.24, 2.45) is 5.73 Å². The summed E-state index contributed by atoms with van der Waals surface area (Å²) in [6.07, 6.45) is 0.399. The molecule has 3 nitrogen and oxygen atoms in total. The SMILES string of the molecule is CN1C(=O)CC(N)Sc2ccccc21. The third-order valence-corrected chi connectivity index (χ3v) is 3.32. The molecule has 0 radical (unpaired) electrons. The topological polar surface area (TPSA) is 46.3 Å². The van der Waals surface area contributed by atoms with Crippen molar-refractivity contribution in [3.05, 3.63) is 24.3 Å². The van der Waals surface area contributed by atoms with Crippen LogP contribution in [0.2, 0.25) is 0 Å². The van der Waals surface area contributed by atoms with Gasteiger partial charge in [0, 0.05) is 11.9 Å². The van der Waals surface area contributed by atoms with Gasteiger partial charge in [0.05, 0.1) is 17.5 Å². The number of hydrogen-bond donors (Lipinski definition) is 1. The maximum absolute atomic E-state index is 11.6. The number of benzene rings is 1. The van der Waals surface area contributed by atoms with Gasteiger partial charge in [-0.15, -0.1) is 11.8 Å². The molecule has 0 saturated carbocycles. The summed E-state index contributed by atoms with van der Waals surface area (Å²) in [4.78, 5) is 14.4. The van der Waals surface area contributed by atoms with E-state index in [1.54, 1.807) is 23.7 Å². The third-order valence-electron chi connectivity index (χ3n) is 2.25. The lowest BCUT2D eigenvalue weighted by Crippen LogP contribution is -2.29. The van der Waals surface area contributed by atoms with Gasteiger partial charge in [-0.25, -0.2) is 0 Å². The van der Waals surface area contributed by atoms with Gasteiger partial charge in [0.15, 0.2) is 0 Å². The minimum atomic E-state index is -0.131. The molecule has 0 saturated heterocycles. The summed E-state index contributed by atoms with van der Waals surface area (Å²) in [6.45, 7) is 0. The smallest absolute Gasteiger partial charge is 0.229 e. The van der Waals surface area contributed by atoms with Gasteiger partial charge in [-0.3, -0.25) is 4.79 Å². The van der Waals surface area contributed by atoms with E-state index in [2.05, 4.69) is 0 Å². The van der Waals surface area contributed by atoms with Crippen molar-refractivity contribution >= 4 is 23.4 Å². The highest BCUT2D eigenvalue weighted by atomic mass is 32.2. The normalized spacial score (nSPS) is 21.7. The van der Waals surface area contributed by atoms with Gasteiger partial charge in [0.2, 0.25) is 5.91 Å². The number of nitrogens with two attached hydrogens (primary N) is 1. The van der Waals surface area contributed by atoms with Crippen molar-refractivity contribution in [1.82, 2.24) is 0 Å². The molecule has 1 heterocycles. The number of amides is 1. The van der Waals surface area contributed by atoms with Gasteiger partial charge in [0.1, 0.15) is 0 Å². The van der Waals surface area contributed by atoms with Crippen molar-refractivity contribution in [3.63, 3.8) is 0 Å². The van der Waals surface area contributed by atoms with Crippen LogP contribution in [0.5, 0.6) is 0 Å². The van der Waals surface area contributed by atoms with Gasteiger partial charge in [-0.05, 0) is 12.1 Å². The van der Waals surface area contributed by atoms with Gasteiger partial charge in [-0.2, -0.15) is 0 Å². The summed E-state index contributed by atoms with van der Waals surface area (Å²) in [5.41, 5.74) is 6.77. The molecule has 4 heteroatoms. The molecule has 1 aromatic carbocycles. The molecule has 1 aromatic rings. The van der Waals surface area contributed by atoms with Crippen molar-refractivity contribution < 1.29 is 4.79 Å². The molecule has 2 rings (SSSR count). The second-order valence-electron chi connectivity index (χ2n) is 3.28. The van der Waals surface area contributed by atoms with E-state index in [-0.39, 0.29) is 11.3 Å². The van der Waals surface area contributed by atoms with Crippen LogP contribution in [-0.2, 0) is 4.79 Å². The highest BCUT2D eigenvalue weighted by molar-refractivity contribution is 8.00. The lowest BCUT2D eigenvalue weighted by Gasteiger charge is -2.16. The Bertz CT molecular complexity index is 367. The molecule has 0 fully saturated rings. The predicted octanol–water partition coefficient (Wildman–Crippen LogP) is 1.43. The zero-order chi connectivity index (χ0) is 10.1. The number of para-hydroxylation sites is 1. The Balaban J connectivity index is 2.46. The van der Waals surface area contributed by atoms with Crippen LogP contribution < -0.4 is 10.6 Å². The average Bonchev–Trinajstić information content (AvgIpc) is 2.26. The number of carbonyl (C=O) groups excluding carboxylic acids is 1. The fraction of sp³-hybridized carbons (Fsp3) is 0.300. The summed E-state index contributed by atoms with van der Waals surface area (Å²) < 4.78 is 0.